The fourth-order valence-corrected chi connectivity index (χ4v) is 2.78. The molecule has 1 aliphatic rings. The zero-order chi connectivity index (χ0) is 13.8. The number of rotatable bonds is 4. The van der Waals surface area contributed by atoms with Crippen molar-refractivity contribution in [2.45, 2.75) is 32.7 Å². The van der Waals surface area contributed by atoms with Gasteiger partial charge in [0.15, 0.2) is 0 Å². The van der Waals surface area contributed by atoms with Crippen LogP contribution >= 0.6 is 0 Å². The van der Waals surface area contributed by atoms with Gasteiger partial charge in [-0.15, -0.1) is 0 Å². The monoisotopic (exact) mass is 265 g/mol. The average Bonchev–Trinajstić information content (AvgIpc) is 2.41. The molecule has 1 aromatic rings. The highest BCUT2D eigenvalue weighted by Gasteiger charge is 2.20. The van der Waals surface area contributed by atoms with E-state index in [0.717, 1.165) is 31.1 Å². The van der Waals surface area contributed by atoms with Gasteiger partial charge in [0.1, 0.15) is 5.82 Å². The second-order valence-electron chi connectivity index (χ2n) is 5.38. The molecule has 104 valence electrons. The van der Waals surface area contributed by atoms with E-state index < -0.39 is 12.9 Å². The van der Waals surface area contributed by atoms with Gasteiger partial charge in [0.2, 0.25) is 0 Å². The normalized spacial score (nSPS) is 20.5. The Morgan fingerprint density at radius 2 is 2.21 bits per heavy atom. The van der Waals surface area contributed by atoms with E-state index in [1.165, 1.54) is 25.3 Å². The van der Waals surface area contributed by atoms with Gasteiger partial charge >= 0.3 is 7.12 Å². The largest absolute Gasteiger partial charge is 0.491 e. The van der Waals surface area contributed by atoms with E-state index in [4.69, 9.17) is 10.0 Å². The third-order valence-electron chi connectivity index (χ3n) is 3.93. The molecule has 1 aromatic carbocycles. The molecule has 0 amide bonds. The molecule has 0 bridgehead atoms. The van der Waals surface area contributed by atoms with Gasteiger partial charge in [0.25, 0.3) is 0 Å². The molecule has 1 saturated heterocycles. The molecule has 0 saturated carbocycles. The number of piperidine rings is 1. The summed E-state index contributed by atoms with van der Waals surface area (Å²) in [7, 11) is -1.75. The van der Waals surface area contributed by atoms with Gasteiger partial charge in [-0.3, -0.25) is 4.90 Å². The fraction of sp³-hybridized carbons (Fsp3) is 0.571. The second-order valence-corrected chi connectivity index (χ2v) is 5.38. The molecule has 0 radical (unpaired) electrons. The predicted octanol–water partition coefficient (Wildman–Crippen LogP) is 1.13. The lowest BCUT2D eigenvalue weighted by atomic mass is 9.79. The molecule has 0 aromatic heterocycles. The summed E-state index contributed by atoms with van der Waals surface area (Å²) in [6.07, 6.45) is 3.69. The van der Waals surface area contributed by atoms with Crippen LogP contribution in [0.4, 0.5) is 4.39 Å². The summed E-state index contributed by atoms with van der Waals surface area (Å²) in [5, 5.41) is 18.2. The highest BCUT2D eigenvalue weighted by molar-refractivity contribution is 6.58. The Bertz CT molecular complexity index is 428. The minimum atomic E-state index is -1.75. The molecule has 0 spiro atoms. The summed E-state index contributed by atoms with van der Waals surface area (Å²) in [5.74, 6) is 0.181. The van der Waals surface area contributed by atoms with Crippen molar-refractivity contribution in [1.29, 1.82) is 0 Å². The maximum absolute atomic E-state index is 13.4. The lowest BCUT2D eigenvalue weighted by molar-refractivity contribution is 0.164. The van der Waals surface area contributed by atoms with E-state index in [9.17, 15) is 4.39 Å². The van der Waals surface area contributed by atoms with Gasteiger partial charge < -0.3 is 10.0 Å². The van der Waals surface area contributed by atoms with Crippen LogP contribution in [0.15, 0.2) is 18.2 Å². The molecule has 2 N–H and O–H groups in total. The molecule has 1 aliphatic heterocycles. The summed E-state index contributed by atoms with van der Waals surface area (Å²) in [6.45, 7) is 5.10. The first-order chi connectivity index (χ1) is 9.10. The van der Waals surface area contributed by atoms with Crippen molar-refractivity contribution in [3.05, 3.63) is 29.6 Å². The molecule has 19 heavy (non-hydrogen) atoms. The molecule has 1 atom stereocenters. The summed E-state index contributed by atoms with van der Waals surface area (Å²) in [4.78, 5) is 2.36. The van der Waals surface area contributed by atoms with Crippen LogP contribution in [0, 0.1) is 11.7 Å². The Kier molecular flexibility index (Phi) is 4.96. The third-order valence-corrected chi connectivity index (χ3v) is 3.93. The highest BCUT2D eigenvalue weighted by atomic mass is 19.1. The molecule has 1 fully saturated rings. The SMILES string of the molecule is CCC1CCCN(Cc2ccc(F)c(B(O)O)c2)C1. The topological polar surface area (TPSA) is 43.7 Å². The van der Waals surface area contributed by atoms with Crippen LogP contribution in [-0.2, 0) is 6.54 Å². The number of hydrogen-bond donors (Lipinski definition) is 2. The van der Waals surface area contributed by atoms with Gasteiger partial charge in [-0.05, 0) is 36.9 Å². The summed E-state index contributed by atoms with van der Waals surface area (Å²) >= 11 is 0. The molecule has 1 heterocycles. The van der Waals surface area contributed by atoms with Gasteiger partial charge in [-0.2, -0.15) is 0 Å². The predicted molar refractivity (Wildman–Crippen MR) is 74.5 cm³/mol. The van der Waals surface area contributed by atoms with Crippen molar-refractivity contribution in [2.75, 3.05) is 13.1 Å². The van der Waals surface area contributed by atoms with Crippen LogP contribution in [0.25, 0.3) is 0 Å². The van der Waals surface area contributed by atoms with Crippen LogP contribution < -0.4 is 5.46 Å². The van der Waals surface area contributed by atoms with Crippen molar-refractivity contribution in [3.63, 3.8) is 0 Å². The number of nitrogens with zero attached hydrogens (tertiary/aromatic N) is 1. The van der Waals surface area contributed by atoms with E-state index in [0.29, 0.717) is 0 Å². The van der Waals surface area contributed by atoms with Crippen molar-refractivity contribution in [2.24, 2.45) is 5.92 Å². The van der Waals surface area contributed by atoms with Crippen LogP contribution in [0.5, 0.6) is 0 Å². The lowest BCUT2D eigenvalue weighted by Crippen LogP contribution is -2.36. The first kappa shape index (κ1) is 14.5. The number of benzene rings is 1. The van der Waals surface area contributed by atoms with Gasteiger partial charge in [0.05, 0.1) is 0 Å². The molecular formula is C14H21BFNO2. The Hall–Kier alpha value is -0.905. The zero-order valence-corrected chi connectivity index (χ0v) is 11.3. The first-order valence-corrected chi connectivity index (χ1v) is 6.97. The minimum absolute atomic E-state index is 0.0402. The molecule has 2 rings (SSSR count). The van der Waals surface area contributed by atoms with Gasteiger partial charge in [-0.1, -0.05) is 25.5 Å². The zero-order valence-electron chi connectivity index (χ0n) is 11.3. The molecule has 1 unspecified atom stereocenters. The van der Waals surface area contributed by atoms with Crippen LogP contribution in [0.1, 0.15) is 31.7 Å². The van der Waals surface area contributed by atoms with Crippen LogP contribution in [0.3, 0.4) is 0 Å². The van der Waals surface area contributed by atoms with E-state index in [-0.39, 0.29) is 5.46 Å². The van der Waals surface area contributed by atoms with E-state index >= 15 is 0 Å². The van der Waals surface area contributed by atoms with E-state index in [1.807, 2.05) is 0 Å². The summed E-state index contributed by atoms with van der Waals surface area (Å²) in [5.41, 5.74) is 0.891. The van der Waals surface area contributed by atoms with Crippen molar-refractivity contribution in [3.8, 4) is 0 Å². The number of halogens is 1. The van der Waals surface area contributed by atoms with Gasteiger partial charge in [-0.25, -0.2) is 4.39 Å². The molecule has 3 nitrogen and oxygen atoms in total. The lowest BCUT2D eigenvalue weighted by Gasteiger charge is -2.32. The maximum atomic E-state index is 13.4. The molecule has 5 heteroatoms. The van der Waals surface area contributed by atoms with Crippen LogP contribution in [-0.4, -0.2) is 35.2 Å². The smallest absolute Gasteiger partial charge is 0.423 e. The van der Waals surface area contributed by atoms with Crippen molar-refractivity contribution < 1.29 is 14.4 Å². The van der Waals surface area contributed by atoms with Crippen molar-refractivity contribution >= 4 is 12.6 Å². The Morgan fingerprint density at radius 3 is 2.89 bits per heavy atom. The number of hydrogen-bond acceptors (Lipinski definition) is 3. The Balaban J connectivity index is 2.04. The number of likely N-dealkylation sites (tertiary alicyclic amines) is 1. The minimum Gasteiger partial charge on any atom is -0.423 e. The standard InChI is InChI=1S/C14H21BFNO2/c1-2-11-4-3-7-17(9-11)10-12-5-6-14(16)13(8-12)15(18)19/h5-6,8,11,18-19H,2-4,7,9-10H2,1H3. The quantitative estimate of drug-likeness (QED) is 0.802. The van der Waals surface area contributed by atoms with E-state index in [2.05, 4.69) is 11.8 Å². The van der Waals surface area contributed by atoms with Crippen LogP contribution in [0.2, 0.25) is 0 Å². The highest BCUT2D eigenvalue weighted by Crippen LogP contribution is 2.20. The van der Waals surface area contributed by atoms with Crippen molar-refractivity contribution in [1.82, 2.24) is 4.90 Å². The average molecular weight is 265 g/mol. The van der Waals surface area contributed by atoms with Gasteiger partial charge in [0, 0.05) is 18.6 Å². The Morgan fingerprint density at radius 1 is 1.42 bits per heavy atom. The second kappa shape index (κ2) is 6.50. The molecular weight excluding hydrogens is 244 g/mol. The summed E-state index contributed by atoms with van der Waals surface area (Å²) in [6, 6.07) is 4.58. The summed E-state index contributed by atoms with van der Waals surface area (Å²) < 4.78 is 13.4. The maximum Gasteiger partial charge on any atom is 0.491 e. The molecule has 0 aliphatic carbocycles. The third kappa shape index (κ3) is 3.78. The first-order valence-electron chi connectivity index (χ1n) is 6.97. The van der Waals surface area contributed by atoms with E-state index in [1.54, 1.807) is 12.1 Å². The Labute approximate surface area is 114 Å². The fourth-order valence-electron chi connectivity index (χ4n) is 2.78.